The first-order valence-corrected chi connectivity index (χ1v) is 6.55. The van der Waals surface area contributed by atoms with Gasteiger partial charge >= 0.3 is 0 Å². The van der Waals surface area contributed by atoms with E-state index in [9.17, 15) is 4.79 Å². The lowest BCUT2D eigenvalue weighted by Gasteiger charge is -2.26. The van der Waals surface area contributed by atoms with Crippen molar-refractivity contribution in [1.29, 1.82) is 0 Å². The third-order valence-electron chi connectivity index (χ3n) is 2.71. The van der Waals surface area contributed by atoms with Crippen LogP contribution in [0.3, 0.4) is 0 Å². The normalized spacial score (nSPS) is 12.8. The number of fused-ring (bicyclic) bond motifs is 1. The van der Waals surface area contributed by atoms with Crippen LogP contribution in [0, 0.1) is 6.92 Å². The molecule has 2 nitrogen and oxygen atoms in total. The summed E-state index contributed by atoms with van der Waals surface area (Å²) in [5, 5.41) is 0. The molecule has 0 spiro atoms. The molecule has 1 amide bonds. The highest BCUT2D eigenvalue weighted by Gasteiger charge is 2.21. The molecule has 0 fully saturated rings. The molecular weight excluding hydrogens is 210 g/mol. The summed E-state index contributed by atoms with van der Waals surface area (Å²) in [4.78, 5) is 13.1. The molecule has 2 heteroatoms. The van der Waals surface area contributed by atoms with Gasteiger partial charge in [0.15, 0.2) is 0 Å². The number of nitrogens with zero attached hydrogens (tertiary/aromatic N) is 1. The monoisotopic (exact) mass is 235 g/mol. The molecule has 0 N–H and O–H groups in total. The standard InChI is InChI=1S/C11H13NO.2C2H6/c1-8-4-3-5-10-9(8)6-7-11(13)12(10)2;2*1-2/h3-5H,6-7H2,1-2H3;2*1-2H3. The Morgan fingerprint density at radius 3 is 2.24 bits per heavy atom. The number of aryl methyl sites for hydroxylation is 1. The second-order valence-corrected chi connectivity index (χ2v) is 3.53. The van der Waals surface area contributed by atoms with Gasteiger partial charge in [0.05, 0.1) is 0 Å². The van der Waals surface area contributed by atoms with E-state index in [2.05, 4.69) is 13.0 Å². The second kappa shape index (κ2) is 7.88. The lowest BCUT2D eigenvalue weighted by Crippen LogP contribution is -2.31. The zero-order valence-electron chi connectivity index (χ0n) is 12.0. The molecule has 0 saturated carbocycles. The van der Waals surface area contributed by atoms with E-state index < -0.39 is 0 Å². The minimum atomic E-state index is 0.220. The highest BCUT2D eigenvalue weighted by Crippen LogP contribution is 2.28. The molecule has 0 aliphatic carbocycles. The largest absolute Gasteiger partial charge is 0.315 e. The van der Waals surface area contributed by atoms with Crippen LogP contribution in [0.5, 0.6) is 0 Å². The predicted molar refractivity (Wildman–Crippen MR) is 75.6 cm³/mol. The number of amides is 1. The van der Waals surface area contributed by atoms with Gasteiger partial charge in [-0.2, -0.15) is 0 Å². The summed E-state index contributed by atoms with van der Waals surface area (Å²) >= 11 is 0. The molecule has 0 aromatic heterocycles. The van der Waals surface area contributed by atoms with Crippen LogP contribution in [0.15, 0.2) is 18.2 Å². The molecule has 2 rings (SSSR count). The number of hydrogen-bond donors (Lipinski definition) is 0. The minimum absolute atomic E-state index is 0.220. The Bertz CT molecular complexity index is 358. The van der Waals surface area contributed by atoms with Crippen LogP contribution >= 0.6 is 0 Å². The maximum Gasteiger partial charge on any atom is 0.227 e. The summed E-state index contributed by atoms with van der Waals surface area (Å²) in [7, 11) is 1.85. The van der Waals surface area contributed by atoms with Crippen LogP contribution in [0.4, 0.5) is 5.69 Å². The maximum absolute atomic E-state index is 11.4. The molecule has 0 unspecified atom stereocenters. The van der Waals surface area contributed by atoms with Gasteiger partial charge in [-0.1, -0.05) is 39.8 Å². The van der Waals surface area contributed by atoms with Crippen LogP contribution in [0.25, 0.3) is 0 Å². The van der Waals surface area contributed by atoms with E-state index in [1.54, 1.807) is 4.90 Å². The first-order chi connectivity index (χ1) is 8.20. The number of benzene rings is 1. The molecule has 1 aromatic carbocycles. The summed E-state index contributed by atoms with van der Waals surface area (Å²) in [6, 6.07) is 6.12. The molecule has 1 aliphatic rings. The highest BCUT2D eigenvalue weighted by atomic mass is 16.2. The van der Waals surface area contributed by atoms with E-state index in [1.807, 2.05) is 46.9 Å². The van der Waals surface area contributed by atoms with Crippen molar-refractivity contribution < 1.29 is 4.79 Å². The van der Waals surface area contributed by atoms with E-state index in [0.717, 1.165) is 12.1 Å². The first-order valence-electron chi connectivity index (χ1n) is 6.55. The molecule has 0 radical (unpaired) electrons. The number of hydrogen-bond acceptors (Lipinski definition) is 1. The Morgan fingerprint density at radius 1 is 1.06 bits per heavy atom. The minimum Gasteiger partial charge on any atom is -0.315 e. The number of carbonyl (C=O) groups excluding carboxylic acids is 1. The number of rotatable bonds is 0. The average Bonchev–Trinajstić information content (AvgIpc) is 2.39. The smallest absolute Gasteiger partial charge is 0.227 e. The highest BCUT2D eigenvalue weighted by molar-refractivity contribution is 5.96. The third kappa shape index (κ3) is 3.58. The van der Waals surface area contributed by atoms with E-state index >= 15 is 0 Å². The van der Waals surface area contributed by atoms with Crippen LogP contribution in [0.2, 0.25) is 0 Å². The van der Waals surface area contributed by atoms with Crippen molar-refractivity contribution in [3.63, 3.8) is 0 Å². The molecule has 0 atom stereocenters. The lowest BCUT2D eigenvalue weighted by atomic mass is 9.97. The van der Waals surface area contributed by atoms with Crippen molar-refractivity contribution in [3.8, 4) is 0 Å². The van der Waals surface area contributed by atoms with Gasteiger partial charge in [-0.15, -0.1) is 0 Å². The summed E-state index contributed by atoms with van der Waals surface area (Å²) in [6.07, 6.45) is 1.54. The third-order valence-corrected chi connectivity index (χ3v) is 2.71. The fourth-order valence-electron chi connectivity index (χ4n) is 1.86. The number of anilines is 1. The van der Waals surface area contributed by atoms with Crippen molar-refractivity contribution in [1.82, 2.24) is 0 Å². The zero-order chi connectivity index (χ0) is 13.4. The summed E-state index contributed by atoms with van der Waals surface area (Å²) in [5.74, 6) is 0.220. The summed E-state index contributed by atoms with van der Waals surface area (Å²) < 4.78 is 0. The van der Waals surface area contributed by atoms with Gasteiger partial charge in [0, 0.05) is 19.2 Å². The van der Waals surface area contributed by atoms with Crippen LogP contribution in [0.1, 0.15) is 45.2 Å². The molecule has 1 heterocycles. The predicted octanol–water partition coefficient (Wildman–Crippen LogP) is 3.96. The van der Waals surface area contributed by atoms with E-state index in [4.69, 9.17) is 0 Å². The lowest BCUT2D eigenvalue weighted by molar-refractivity contribution is -0.118. The fraction of sp³-hybridized carbons (Fsp3) is 0.533. The Balaban J connectivity index is 0.000000581. The molecular formula is C15H25NO. The van der Waals surface area contributed by atoms with Gasteiger partial charge in [0.25, 0.3) is 0 Å². The van der Waals surface area contributed by atoms with Gasteiger partial charge in [-0.3, -0.25) is 4.79 Å². The van der Waals surface area contributed by atoms with Crippen LogP contribution in [-0.2, 0) is 11.2 Å². The SMILES string of the molecule is CC.CC.Cc1cccc2c1CCC(=O)N2C. The molecule has 17 heavy (non-hydrogen) atoms. The number of carbonyl (C=O) groups is 1. The Hall–Kier alpha value is -1.31. The van der Waals surface area contributed by atoms with Gasteiger partial charge < -0.3 is 4.90 Å². The van der Waals surface area contributed by atoms with Crippen molar-refractivity contribution in [3.05, 3.63) is 29.3 Å². The van der Waals surface area contributed by atoms with Crippen molar-refractivity contribution in [2.45, 2.75) is 47.5 Å². The zero-order valence-corrected chi connectivity index (χ0v) is 12.0. The van der Waals surface area contributed by atoms with E-state index in [-0.39, 0.29) is 5.91 Å². The van der Waals surface area contributed by atoms with E-state index in [1.165, 1.54) is 11.1 Å². The summed E-state index contributed by atoms with van der Waals surface area (Å²) in [5.41, 5.74) is 3.69. The Labute approximate surface area is 106 Å². The first kappa shape index (κ1) is 15.7. The van der Waals surface area contributed by atoms with Crippen molar-refractivity contribution in [2.24, 2.45) is 0 Å². The van der Waals surface area contributed by atoms with Crippen LogP contribution < -0.4 is 4.90 Å². The van der Waals surface area contributed by atoms with Crippen molar-refractivity contribution in [2.75, 3.05) is 11.9 Å². The molecule has 96 valence electrons. The van der Waals surface area contributed by atoms with Gasteiger partial charge in [0.2, 0.25) is 5.91 Å². The summed E-state index contributed by atoms with van der Waals surface area (Å²) in [6.45, 7) is 10.1. The quantitative estimate of drug-likeness (QED) is 0.666. The topological polar surface area (TPSA) is 20.3 Å². The molecule has 1 aromatic rings. The molecule has 0 bridgehead atoms. The Kier molecular flexibility index (Phi) is 7.27. The maximum atomic E-state index is 11.4. The van der Waals surface area contributed by atoms with Crippen molar-refractivity contribution >= 4 is 11.6 Å². The fourth-order valence-corrected chi connectivity index (χ4v) is 1.86. The van der Waals surface area contributed by atoms with Gasteiger partial charge in [0.1, 0.15) is 0 Å². The van der Waals surface area contributed by atoms with E-state index in [0.29, 0.717) is 6.42 Å². The molecule has 1 aliphatic heterocycles. The second-order valence-electron chi connectivity index (χ2n) is 3.53. The van der Waals surface area contributed by atoms with Gasteiger partial charge in [-0.25, -0.2) is 0 Å². The van der Waals surface area contributed by atoms with Crippen LogP contribution in [-0.4, -0.2) is 13.0 Å². The Morgan fingerprint density at radius 2 is 1.65 bits per heavy atom. The van der Waals surface area contributed by atoms with Gasteiger partial charge in [-0.05, 0) is 30.5 Å². The molecule has 0 saturated heterocycles. The average molecular weight is 235 g/mol.